The molecule has 0 fully saturated rings. The number of hydrogen-bond acceptors (Lipinski definition) is 4. The highest BCUT2D eigenvalue weighted by atomic mass is 16.5. The van der Waals surface area contributed by atoms with Crippen LogP contribution in [0.15, 0.2) is 30.6 Å². The van der Waals surface area contributed by atoms with Gasteiger partial charge in [-0.2, -0.15) is 0 Å². The van der Waals surface area contributed by atoms with Gasteiger partial charge in [0.25, 0.3) is 0 Å². The van der Waals surface area contributed by atoms with Crippen LogP contribution in [0.5, 0.6) is 0 Å². The summed E-state index contributed by atoms with van der Waals surface area (Å²) >= 11 is 0. The van der Waals surface area contributed by atoms with Crippen LogP contribution in [0.1, 0.15) is 0 Å². The molecule has 0 atom stereocenters. The number of para-hydroxylation sites is 1. The summed E-state index contributed by atoms with van der Waals surface area (Å²) in [6.45, 7) is 1.34. The van der Waals surface area contributed by atoms with Crippen molar-refractivity contribution >= 4 is 5.69 Å². The molecule has 1 aromatic carbocycles. The monoisotopic (exact) mass is 218 g/mol. The van der Waals surface area contributed by atoms with E-state index in [-0.39, 0.29) is 0 Å². The molecule has 5 nitrogen and oxygen atoms in total. The minimum absolute atomic E-state index is 0.623. The van der Waals surface area contributed by atoms with E-state index in [2.05, 4.69) is 10.2 Å². The van der Waals surface area contributed by atoms with E-state index in [4.69, 9.17) is 10.5 Å². The molecule has 2 N–H and O–H groups in total. The molecule has 0 aliphatic carbocycles. The standard InChI is InChI=1S/C11H14N4O/c1-16-7-6-15-8-13-14-11(15)9-4-2-3-5-10(9)12/h2-5,8H,6-7,12H2,1H3. The Morgan fingerprint density at radius 3 is 2.94 bits per heavy atom. The van der Waals surface area contributed by atoms with Gasteiger partial charge in [0.15, 0.2) is 5.82 Å². The van der Waals surface area contributed by atoms with Gasteiger partial charge in [0.2, 0.25) is 0 Å². The zero-order chi connectivity index (χ0) is 11.4. The molecule has 2 aromatic rings. The van der Waals surface area contributed by atoms with Crippen LogP contribution in [0, 0.1) is 0 Å². The summed E-state index contributed by atoms with van der Waals surface area (Å²) in [5.74, 6) is 0.773. The van der Waals surface area contributed by atoms with Crippen molar-refractivity contribution in [2.24, 2.45) is 0 Å². The Hall–Kier alpha value is -1.88. The van der Waals surface area contributed by atoms with Crippen LogP contribution < -0.4 is 5.73 Å². The molecule has 0 spiro atoms. The first-order chi connectivity index (χ1) is 7.83. The van der Waals surface area contributed by atoms with E-state index in [0.29, 0.717) is 18.8 Å². The minimum atomic E-state index is 0.623. The maximum Gasteiger partial charge on any atom is 0.165 e. The summed E-state index contributed by atoms with van der Waals surface area (Å²) in [5.41, 5.74) is 7.50. The Bertz CT molecular complexity index is 467. The third-order valence-corrected chi connectivity index (χ3v) is 2.35. The Balaban J connectivity index is 2.33. The normalized spacial score (nSPS) is 10.6. The second-order valence-corrected chi connectivity index (χ2v) is 3.43. The molecule has 0 unspecified atom stereocenters. The van der Waals surface area contributed by atoms with Gasteiger partial charge in [-0.15, -0.1) is 10.2 Å². The molecular weight excluding hydrogens is 204 g/mol. The largest absolute Gasteiger partial charge is 0.398 e. The highest BCUT2D eigenvalue weighted by molar-refractivity contribution is 5.71. The first-order valence-corrected chi connectivity index (χ1v) is 5.04. The van der Waals surface area contributed by atoms with E-state index < -0.39 is 0 Å². The van der Waals surface area contributed by atoms with Crippen molar-refractivity contribution in [1.82, 2.24) is 14.8 Å². The number of nitrogens with two attached hydrogens (primary N) is 1. The van der Waals surface area contributed by atoms with Gasteiger partial charge in [0, 0.05) is 24.9 Å². The topological polar surface area (TPSA) is 66.0 Å². The summed E-state index contributed by atoms with van der Waals surface area (Å²) < 4.78 is 6.95. The van der Waals surface area contributed by atoms with Crippen molar-refractivity contribution in [3.05, 3.63) is 30.6 Å². The van der Waals surface area contributed by atoms with Crippen LogP contribution >= 0.6 is 0 Å². The number of nitrogens with zero attached hydrogens (tertiary/aromatic N) is 3. The molecule has 0 bridgehead atoms. The Morgan fingerprint density at radius 1 is 1.38 bits per heavy atom. The van der Waals surface area contributed by atoms with Crippen LogP contribution in [-0.4, -0.2) is 28.5 Å². The smallest absolute Gasteiger partial charge is 0.165 e. The lowest BCUT2D eigenvalue weighted by Crippen LogP contribution is -2.05. The maximum absolute atomic E-state index is 5.90. The molecule has 0 saturated heterocycles. The molecule has 0 amide bonds. The zero-order valence-corrected chi connectivity index (χ0v) is 9.13. The predicted molar refractivity (Wildman–Crippen MR) is 61.7 cm³/mol. The predicted octanol–water partition coefficient (Wildman–Crippen LogP) is 1.17. The van der Waals surface area contributed by atoms with Gasteiger partial charge in [-0.05, 0) is 12.1 Å². The average molecular weight is 218 g/mol. The number of anilines is 1. The van der Waals surface area contributed by atoms with E-state index in [9.17, 15) is 0 Å². The Labute approximate surface area is 93.9 Å². The van der Waals surface area contributed by atoms with E-state index in [1.165, 1.54) is 0 Å². The molecule has 0 saturated carbocycles. The highest BCUT2D eigenvalue weighted by Gasteiger charge is 2.09. The van der Waals surface area contributed by atoms with Crippen molar-refractivity contribution < 1.29 is 4.74 Å². The molecule has 0 aliphatic heterocycles. The van der Waals surface area contributed by atoms with Crippen molar-refractivity contribution in [2.75, 3.05) is 19.5 Å². The van der Waals surface area contributed by atoms with Crippen LogP contribution in [0.2, 0.25) is 0 Å². The third-order valence-electron chi connectivity index (χ3n) is 2.35. The fraction of sp³-hybridized carbons (Fsp3) is 0.273. The molecule has 5 heteroatoms. The SMILES string of the molecule is COCCn1cnnc1-c1ccccc1N. The van der Waals surface area contributed by atoms with E-state index in [1.807, 2.05) is 28.8 Å². The lowest BCUT2D eigenvalue weighted by Gasteiger charge is -2.07. The second-order valence-electron chi connectivity index (χ2n) is 3.43. The maximum atomic E-state index is 5.90. The summed E-state index contributed by atoms with van der Waals surface area (Å²) in [4.78, 5) is 0. The minimum Gasteiger partial charge on any atom is -0.398 e. The molecule has 84 valence electrons. The Morgan fingerprint density at radius 2 is 2.19 bits per heavy atom. The van der Waals surface area contributed by atoms with Crippen molar-refractivity contribution in [3.63, 3.8) is 0 Å². The number of nitrogen functional groups attached to an aromatic ring is 1. The molecule has 1 aromatic heterocycles. The first kappa shape index (κ1) is 10.6. The van der Waals surface area contributed by atoms with Gasteiger partial charge in [-0.3, -0.25) is 0 Å². The Kier molecular flexibility index (Phi) is 3.16. The van der Waals surface area contributed by atoms with Gasteiger partial charge >= 0.3 is 0 Å². The van der Waals surface area contributed by atoms with Gasteiger partial charge in [-0.1, -0.05) is 12.1 Å². The first-order valence-electron chi connectivity index (χ1n) is 5.04. The fourth-order valence-corrected chi connectivity index (χ4v) is 1.52. The summed E-state index contributed by atoms with van der Waals surface area (Å²) in [6.07, 6.45) is 1.68. The van der Waals surface area contributed by atoms with E-state index >= 15 is 0 Å². The quantitative estimate of drug-likeness (QED) is 0.782. The third kappa shape index (κ3) is 2.04. The van der Waals surface area contributed by atoms with Crippen molar-refractivity contribution in [3.8, 4) is 11.4 Å². The number of rotatable bonds is 4. The molecule has 16 heavy (non-hydrogen) atoms. The van der Waals surface area contributed by atoms with Crippen molar-refractivity contribution in [2.45, 2.75) is 6.54 Å². The number of aromatic nitrogens is 3. The summed E-state index contributed by atoms with van der Waals surface area (Å²) in [5, 5.41) is 7.97. The van der Waals surface area contributed by atoms with Gasteiger partial charge < -0.3 is 15.0 Å². The molecule has 1 heterocycles. The number of hydrogen-bond donors (Lipinski definition) is 1. The van der Waals surface area contributed by atoms with Crippen LogP contribution in [-0.2, 0) is 11.3 Å². The molecule has 2 rings (SSSR count). The summed E-state index contributed by atoms with van der Waals surface area (Å²) in [7, 11) is 1.67. The van der Waals surface area contributed by atoms with Gasteiger partial charge in [-0.25, -0.2) is 0 Å². The zero-order valence-electron chi connectivity index (χ0n) is 9.13. The fourth-order valence-electron chi connectivity index (χ4n) is 1.52. The van der Waals surface area contributed by atoms with Crippen LogP contribution in [0.25, 0.3) is 11.4 Å². The highest BCUT2D eigenvalue weighted by Crippen LogP contribution is 2.22. The van der Waals surface area contributed by atoms with E-state index in [1.54, 1.807) is 13.4 Å². The number of methoxy groups -OCH3 is 1. The van der Waals surface area contributed by atoms with E-state index in [0.717, 1.165) is 11.4 Å². The number of ether oxygens (including phenoxy) is 1. The summed E-state index contributed by atoms with van der Waals surface area (Å²) in [6, 6.07) is 7.61. The lowest BCUT2D eigenvalue weighted by molar-refractivity contribution is 0.187. The molecule has 0 radical (unpaired) electrons. The number of benzene rings is 1. The average Bonchev–Trinajstić information content (AvgIpc) is 2.75. The van der Waals surface area contributed by atoms with Crippen molar-refractivity contribution in [1.29, 1.82) is 0 Å². The molecule has 0 aliphatic rings. The van der Waals surface area contributed by atoms with Gasteiger partial charge in [0.1, 0.15) is 6.33 Å². The molecular formula is C11H14N4O. The van der Waals surface area contributed by atoms with Gasteiger partial charge in [0.05, 0.1) is 6.61 Å². The second kappa shape index (κ2) is 4.76. The van der Waals surface area contributed by atoms with Crippen LogP contribution in [0.4, 0.5) is 5.69 Å². The van der Waals surface area contributed by atoms with Crippen LogP contribution in [0.3, 0.4) is 0 Å². The lowest BCUT2D eigenvalue weighted by atomic mass is 10.1.